The van der Waals surface area contributed by atoms with Gasteiger partial charge in [0, 0.05) is 19.6 Å². The molecule has 298 valence electrons. The van der Waals surface area contributed by atoms with Crippen molar-refractivity contribution in [3.8, 4) is 12.3 Å². The van der Waals surface area contributed by atoms with Gasteiger partial charge in [0.2, 0.25) is 10.0 Å². The van der Waals surface area contributed by atoms with Crippen LogP contribution >= 0.6 is 0 Å². The number of alkyl carbamates (subject to hydrolysis) is 2. The Kier molecular flexibility index (Phi) is 19.3. The number of rotatable bonds is 19. The smallest absolute Gasteiger partial charge is 0.429 e. The fourth-order valence-electron chi connectivity index (χ4n) is 5.53. The molecule has 0 aliphatic carbocycles. The lowest BCUT2D eigenvalue weighted by molar-refractivity contribution is -0.160. The van der Waals surface area contributed by atoms with Gasteiger partial charge in [-0.25, -0.2) is 37.6 Å². The standard InChI is InChI=1S/C37H59N5O10S/c1-9-12-14-16-22-38-34(43)51-32-26-41(36(45)49-27(4)5)42(37(46)50-28(6)7)31(33(32)52-35(44)39-23-17-15-13-10-2)25-40(24-11-3)53(47,48)30-20-18-29(8)19-21-30/h3,18-21,27-28,31-33H,9-10,12-17,22-26H2,1-2,4-8H3,(H,38,43)(H,39,44)/t31-,32+,33-/m0/s1. The number of ether oxygens (including phenoxy) is 4. The Hall–Kier alpha value is -4.23. The van der Waals surface area contributed by atoms with E-state index in [2.05, 4.69) is 30.4 Å². The van der Waals surface area contributed by atoms with Gasteiger partial charge in [0.05, 0.1) is 30.2 Å². The van der Waals surface area contributed by atoms with Crippen LogP contribution in [-0.4, -0.2) is 110 Å². The third-order valence-corrected chi connectivity index (χ3v) is 9.99. The number of amides is 4. The highest BCUT2D eigenvalue weighted by molar-refractivity contribution is 7.89. The zero-order valence-corrected chi connectivity index (χ0v) is 33.1. The molecule has 0 bridgehead atoms. The Labute approximate surface area is 315 Å². The van der Waals surface area contributed by atoms with Gasteiger partial charge in [-0.15, -0.1) is 6.42 Å². The number of carbonyl (C=O) groups excluding carboxylic acids is 4. The van der Waals surface area contributed by atoms with Crippen LogP contribution in [0.2, 0.25) is 0 Å². The number of nitrogens with one attached hydrogen (secondary N) is 2. The summed E-state index contributed by atoms with van der Waals surface area (Å²) in [4.78, 5) is 54.1. The Morgan fingerprint density at radius 2 is 1.38 bits per heavy atom. The minimum atomic E-state index is -4.34. The summed E-state index contributed by atoms with van der Waals surface area (Å²) in [5.41, 5.74) is 0.819. The van der Waals surface area contributed by atoms with E-state index in [9.17, 15) is 27.6 Å². The molecular weight excluding hydrogens is 706 g/mol. The van der Waals surface area contributed by atoms with E-state index in [1.165, 1.54) is 12.1 Å². The van der Waals surface area contributed by atoms with Crippen molar-refractivity contribution in [2.24, 2.45) is 0 Å². The summed E-state index contributed by atoms with van der Waals surface area (Å²) >= 11 is 0. The fourth-order valence-corrected chi connectivity index (χ4v) is 6.90. The number of aryl methyl sites for hydroxylation is 1. The van der Waals surface area contributed by atoms with Crippen molar-refractivity contribution >= 4 is 34.4 Å². The normalized spacial score (nSPS) is 17.3. The van der Waals surface area contributed by atoms with Gasteiger partial charge in [-0.3, -0.25) is 0 Å². The molecule has 1 aliphatic heterocycles. The summed E-state index contributed by atoms with van der Waals surface area (Å²) in [6, 6.07) is 4.57. The molecule has 3 atom stereocenters. The lowest BCUT2D eigenvalue weighted by atomic mass is 10.0. The van der Waals surface area contributed by atoms with E-state index in [1.807, 2.05) is 0 Å². The summed E-state index contributed by atoms with van der Waals surface area (Å²) < 4.78 is 51.9. The molecule has 0 unspecified atom stereocenters. The van der Waals surface area contributed by atoms with Gasteiger partial charge in [0.25, 0.3) is 0 Å². The quantitative estimate of drug-likeness (QED) is 0.0972. The van der Waals surface area contributed by atoms with Crippen LogP contribution in [0, 0.1) is 19.3 Å². The van der Waals surface area contributed by atoms with E-state index in [-0.39, 0.29) is 11.4 Å². The molecule has 0 spiro atoms. The molecule has 2 rings (SSSR count). The number of benzene rings is 1. The number of nitrogens with zero attached hydrogens (tertiary/aromatic N) is 3. The zero-order chi connectivity index (χ0) is 39.6. The Morgan fingerprint density at radius 1 is 0.849 bits per heavy atom. The van der Waals surface area contributed by atoms with E-state index in [0.717, 1.165) is 58.4 Å². The van der Waals surface area contributed by atoms with Gasteiger partial charge in [-0.2, -0.15) is 4.31 Å². The highest BCUT2D eigenvalue weighted by atomic mass is 32.2. The van der Waals surface area contributed by atoms with Gasteiger partial charge in [-0.05, 0) is 59.6 Å². The average molecular weight is 766 g/mol. The molecule has 1 saturated heterocycles. The second-order valence-electron chi connectivity index (χ2n) is 13.5. The van der Waals surface area contributed by atoms with Crippen LogP contribution in [0.5, 0.6) is 0 Å². The minimum absolute atomic E-state index is 0.0842. The molecule has 1 fully saturated rings. The Morgan fingerprint density at radius 3 is 1.89 bits per heavy atom. The molecule has 0 saturated carbocycles. The van der Waals surface area contributed by atoms with Crippen molar-refractivity contribution in [1.29, 1.82) is 0 Å². The number of unbranched alkanes of at least 4 members (excludes halogenated alkanes) is 6. The molecule has 4 amide bonds. The monoisotopic (exact) mass is 765 g/mol. The third-order valence-electron chi connectivity index (χ3n) is 8.16. The van der Waals surface area contributed by atoms with E-state index in [0.29, 0.717) is 19.4 Å². The molecule has 0 radical (unpaired) electrons. The van der Waals surface area contributed by atoms with E-state index >= 15 is 0 Å². The average Bonchev–Trinajstić information content (AvgIpc) is 3.08. The van der Waals surface area contributed by atoms with Gasteiger partial charge in [0.1, 0.15) is 6.04 Å². The fraction of sp³-hybridized carbons (Fsp3) is 0.676. The molecule has 1 heterocycles. The topological polar surface area (TPSA) is 173 Å². The second-order valence-corrected chi connectivity index (χ2v) is 15.4. The van der Waals surface area contributed by atoms with E-state index in [4.69, 9.17) is 25.4 Å². The number of hydrazine groups is 1. The lowest BCUT2D eigenvalue weighted by Gasteiger charge is -2.49. The Balaban J connectivity index is 2.72. The first-order chi connectivity index (χ1) is 25.2. The van der Waals surface area contributed by atoms with Crippen molar-refractivity contribution in [3.05, 3.63) is 29.8 Å². The van der Waals surface area contributed by atoms with Crippen molar-refractivity contribution in [3.63, 3.8) is 0 Å². The Bertz CT molecular complexity index is 1460. The van der Waals surface area contributed by atoms with E-state index < -0.39 is 84.5 Å². The van der Waals surface area contributed by atoms with Gasteiger partial charge in [0.15, 0.2) is 12.2 Å². The van der Waals surface area contributed by atoms with Crippen LogP contribution in [-0.2, 0) is 29.0 Å². The molecule has 15 nitrogen and oxygen atoms in total. The zero-order valence-electron chi connectivity index (χ0n) is 32.3. The maximum Gasteiger partial charge on any atom is 0.429 e. The van der Waals surface area contributed by atoms with Crippen molar-refractivity contribution in [2.75, 3.05) is 32.7 Å². The maximum atomic E-state index is 14.1. The molecule has 53 heavy (non-hydrogen) atoms. The predicted molar refractivity (Wildman–Crippen MR) is 199 cm³/mol. The summed E-state index contributed by atoms with van der Waals surface area (Å²) in [5, 5.41) is 7.12. The number of hydrogen-bond donors (Lipinski definition) is 2. The van der Waals surface area contributed by atoms with Crippen LogP contribution < -0.4 is 10.6 Å². The first-order valence-corrected chi connectivity index (χ1v) is 20.0. The summed E-state index contributed by atoms with van der Waals surface area (Å²) in [6.45, 7) is 11.3. The number of carbonyl (C=O) groups is 4. The third kappa shape index (κ3) is 14.6. The first-order valence-electron chi connectivity index (χ1n) is 18.5. The van der Waals surface area contributed by atoms with Crippen molar-refractivity contribution in [1.82, 2.24) is 25.0 Å². The molecule has 16 heteroatoms. The molecular formula is C37H59N5O10S. The number of terminal acetylenes is 1. The SMILES string of the molecule is C#CCN(C[C@H]1[C@H](OC(=O)NCCCCCC)[C@H](OC(=O)NCCCCCC)CN(C(=O)OC(C)C)N1C(=O)OC(C)C)S(=O)(=O)c1ccc(C)cc1. The number of hydrogen-bond acceptors (Lipinski definition) is 10. The highest BCUT2D eigenvalue weighted by Gasteiger charge is 2.53. The molecule has 2 N–H and O–H groups in total. The number of sulfonamides is 1. The second kappa shape index (κ2) is 22.8. The summed E-state index contributed by atoms with van der Waals surface area (Å²) in [7, 11) is -4.34. The lowest BCUT2D eigenvalue weighted by Crippen LogP contribution is -2.71. The molecule has 1 aromatic carbocycles. The van der Waals surface area contributed by atoms with Crippen LogP contribution in [0.25, 0.3) is 0 Å². The minimum Gasteiger partial charge on any atom is -0.445 e. The van der Waals surface area contributed by atoms with Crippen LogP contribution in [0.3, 0.4) is 0 Å². The van der Waals surface area contributed by atoms with Crippen molar-refractivity contribution in [2.45, 2.75) is 135 Å². The van der Waals surface area contributed by atoms with E-state index in [1.54, 1.807) is 46.8 Å². The summed E-state index contributed by atoms with van der Waals surface area (Å²) in [5.74, 6) is 2.35. The first kappa shape index (κ1) is 44.9. The summed E-state index contributed by atoms with van der Waals surface area (Å²) in [6.07, 6.45) is 4.67. The van der Waals surface area contributed by atoms with Gasteiger partial charge in [-0.1, -0.05) is 76.0 Å². The molecule has 1 aliphatic rings. The van der Waals surface area contributed by atoms with Crippen LogP contribution in [0.4, 0.5) is 19.2 Å². The molecule has 0 aromatic heterocycles. The largest absolute Gasteiger partial charge is 0.445 e. The van der Waals surface area contributed by atoms with Crippen molar-refractivity contribution < 1.29 is 46.5 Å². The maximum absolute atomic E-state index is 14.1. The van der Waals surface area contributed by atoms with Gasteiger partial charge >= 0.3 is 24.4 Å². The predicted octanol–water partition coefficient (Wildman–Crippen LogP) is 5.96. The highest BCUT2D eigenvalue weighted by Crippen LogP contribution is 2.29. The molecule has 1 aromatic rings. The van der Waals surface area contributed by atoms with Crippen LogP contribution in [0.1, 0.15) is 98.5 Å². The van der Waals surface area contributed by atoms with Gasteiger partial charge < -0.3 is 29.6 Å². The van der Waals surface area contributed by atoms with Crippen LogP contribution in [0.15, 0.2) is 29.2 Å².